The number of carbonyl (C=O) groups is 3. The van der Waals surface area contributed by atoms with Gasteiger partial charge in [0.05, 0.1) is 11.0 Å². The Morgan fingerprint density at radius 1 is 1.29 bits per heavy atom. The molecule has 1 aliphatic heterocycles. The minimum absolute atomic E-state index is 0.0506. The summed E-state index contributed by atoms with van der Waals surface area (Å²) < 4.78 is 5.41. The highest BCUT2D eigenvalue weighted by Crippen LogP contribution is 2.30. The number of likely N-dealkylation sites (tertiary alicyclic amines) is 1. The zero-order valence-electron chi connectivity index (χ0n) is 18.9. The number of aromatic nitrogens is 1. The minimum atomic E-state index is -0.594. The van der Waals surface area contributed by atoms with Crippen molar-refractivity contribution >= 4 is 34.6 Å². The summed E-state index contributed by atoms with van der Waals surface area (Å²) >= 11 is 1.15. The van der Waals surface area contributed by atoms with Gasteiger partial charge in [-0.2, -0.15) is 0 Å². The molecule has 0 saturated carbocycles. The number of hydrogen-bond donors (Lipinski definition) is 1. The summed E-state index contributed by atoms with van der Waals surface area (Å²) in [6.45, 7) is 3.56. The molecule has 1 fully saturated rings. The summed E-state index contributed by atoms with van der Waals surface area (Å²) in [6, 6.07) is 8.73. The highest BCUT2D eigenvalue weighted by molar-refractivity contribution is 8.14. The highest BCUT2D eigenvalue weighted by atomic mass is 32.2. The van der Waals surface area contributed by atoms with Crippen LogP contribution in [-0.2, 0) is 20.9 Å². The number of hydrogen-bond acceptors (Lipinski definition) is 8. The Morgan fingerprint density at radius 2 is 2.03 bits per heavy atom. The molecule has 0 bridgehead atoms. The second-order valence-electron chi connectivity index (χ2n) is 8.03. The Bertz CT molecular complexity index is 1030. The first-order chi connectivity index (χ1) is 16.2. The SMILES string of the molecule is CC(=O)S[C@H]1C[C@@H](CC(=O)NC(C)c2cccnc2)N(C(=O)OCc2ccc([N+](=O)[O-])cc2)C1. The molecule has 1 aliphatic rings. The molecule has 0 radical (unpaired) electrons. The average molecular weight is 487 g/mol. The third-order valence-electron chi connectivity index (χ3n) is 5.44. The van der Waals surface area contributed by atoms with Crippen LogP contribution in [0.3, 0.4) is 0 Å². The molecule has 1 N–H and O–H groups in total. The lowest BCUT2D eigenvalue weighted by molar-refractivity contribution is -0.384. The van der Waals surface area contributed by atoms with Gasteiger partial charge in [0.25, 0.3) is 5.69 Å². The van der Waals surface area contributed by atoms with Crippen molar-refractivity contribution < 1.29 is 24.0 Å². The lowest BCUT2D eigenvalue weighted by Crippen LogP contribution is -2.40. The molecular weight excluding hydrogens is 460 g/mol. The maximum Gasteiger partial charge on any atom is 0.410 e. The molecule has 11 heteroatoms. The summed E-state index contributed by atoms with van der Waals surface area (Å²) in [6.07, 6.45) is 3.31. The van der Waals surface area contributed by atoms with Crippen LogP contribution in [0.15, 0.2) is 48.8 Å². The second kappa shape index (κ2) is 11.6. The van der Waals surface area contributed by atoms with Gasteiger partial charge < -0.3 is 15.0 Å². The van der Waals surface area contributed by atoms with E-state index >= 15 is 0 Å². The number of carbonyl (C=O) groups excluding carboxylic acids is 3. The van der Waals surface area contributed by atoms with Crippen LogP contribution in [0.2, 0.25) is 0 Å². The molecule has 2 amide bonds. The molecule has 2 heterocycles. The standard InChI is InChI=1S/C23H26N4O6S/c1-15(18-4-3-9-24-12-18)25-22(29)11-20-10-21(34-16(2)28)13-26(20)23(30)33-14-17-5-7-19(8-6-17)27(31)32/h3-9,12,15,20-21H,10-11,13-14H2,1-2H3,(H,25,29)/t15?,20-,21-/m0/s1. The molecule has 180 valence electrons. The van der Waals surface area contributed by atoms with E-state index < -0.39 is 17.1 Å². The van der Waals surface area contributed by atoms with Crippen molar-refractivity contribution in [2.45, 2.75) is 50.6 Å². The quantitative estimate of drug-likeness (QED) is 0.442. The van der Waals surface area contributed by atoms with E-state index in [9.17, 15) is 24.5 Å². The Hall–Kier alpha value is -3.47. The number of nitrogens with zero attached hydrogens (tertiary/aromatic N) is 3. The van der Waals surface area contributed by atoms with Crippen LogP contribution in [0.4, 0.5) is 10.5 Å². The number of amides is 2. The van der Waals surface area contributed by atoms with Gasteiger partial charge in [-0.15, -0.1) is 0 Å². The fourth-order valence-corrected chi connectivity index (χ4v) is 4.81. The van der Waals surface area contributed by atoms with Gasteiger partial charge >= 0.3 is 6.09 Å². The number of nitro groups is 1. The lowest BCUT2D eigenvalue weighted by atomic mass is 10.1. The first kappa shape index (κ1) is 25.2. The van der Waals surface area contributed by atoms with E-state index in [-0.39, 0.29) is 41.0 Å². The van der Waals surface area contributed by atoms with Crippen molar-refractivity contribution in [2.24, 2.45) is 0 Å². The highest BCUT2D eigenvalue weighted by Gasteiger charge is 2.38. The summed E-state index contributed by atoms with van der Waals surface area (Å²) in [5, 5.41) is 13.5. The number of rotatable bonds is 8. The number of benzene rings is 1. The molecule has 1 aromatic carbocycles. The van der Waals surface area contributed by atoms with Crippen LogP contribution >= 0.6 is 11.8 Å². The number of pyridine rings is 1. The van der Waals surface area contributed by atoms with E-state index in [1.165, 1.54) is 36.1 Å². The van der Waals surface area contributed by atoms with Crippen molar-refractivity contribution in [1.82, 2.24) is 15.2 Å². The van der Waals surface area contributed by atoms with E-state index in [0.717, 1.165) is 17.3 Å². The first-order valence-electron chi connectivity index (χ1n) is 10.8. The van der Waals surface area contributed by atoms with E-state index in [0.29, 0.717) is 18.5 Å². The molecule has 34 heavy (non-hydrogen) atoms. The predicted octanol–water partition coefficient (Wildman–Crippen LogP) is 3.62. The topological polar surface area (TPSA) is 132 Å². The fraction of sp³-hybridized carbons (Fsp3) is 0.391. The van der Waals surface area contributed by atoms with Gasteiger partial charge in [0.2, 0.25) is 5.91 Å². The molecular formula is C23H26N4O6S. The molecule has 1 saturated heterocycles. The van der Waals surface area contributed by atoms with Crippen molar-refractivity contribution in [1.29, 1.82) is 0 Å². The van der Waals surface area contributed by atoms with Gasteiger partial charge in [-0.25, -0.2) is 4.79 Å². The van der Waals surface area contributed by atoms with Gasteiger partial charge in [0.15, 0.2) is 5.12 Å². The molecule has 2 aromatic rings. The third kappa shape index (κ3) is 7.01. The van der Waals surface area contributed by atoms with E-state index in [1.54, 1.807) is 18.5 Å². The Balaban J connectivity index is 1.61. The van der Waals surface area contributed by atoms with Crippen LogP contribution in [0.5, 0.6) is 0 Å². The van der Waals surface area contributed by atoms with Crippen LogP contribution in [-0.4, -0.2) is 49.8 Å². The maximum atomic E-state index is 12.8. The van der Waals surface area contributed by atoms with Crippen LogP contribution in [0, 0.1) is 10.1 Å². The monoisotopic (exact) mass is 486 g/mol. The number of ether oxygens (including phenoxy) is 1. The zero-order chi connectivity index (χ0) is 24.7. The first-order valence-corrected chi connectivity index (χ1v) is 11.6. The van der Waals surface area contributed by atoms with E-state index in [1.807, 2.05) is 13.0 Å². The van der Waals surface area contributed by atoms with Gasteiger partial charge in [-0.3, -0.25) is 24.7 Å². The predicted molar refractivity (Wildman–Crippen MR) is 126 cm³/mol. The van der Waals surface area contributed by atoms with Crippen molar-refractivity contribution in [3.63, 3.8) is 0 Å². The second-order valence-corrected chi connectivity index (χ2v) is 9.51. The molecule has 3 rings (SSSR count). The van der Waals surface area contributed by atoms with Crippen LogP contribution in [0.25, 0.3) is 0 Å². The van der Waals surface area contributed by atoms with Gasteiger partial charge in [0.1, 0.15) is 6.61 Å². The Kier molecular flexibility index (Phi) is 8.58. The van der Waals surface area contributed by atoms with Crippen molar-refractivity contribution in [2.75, 3.05) is 6.54 Å². The molecule has 1 unspecified atom stereocenters. The van der Waals surface area contributed by atoms with Gasteiger partial charge in [-0.1, -0.05) is 17.8 Å². The van der Waals surface area contributed by atoms with Crippen molar-refractivity contribution in [3.8, 4) is 0 Å². The zero-order valence-corrected chi connectivity index (χ0v) is 19.7. The molecule has 0 spiro atoms. The minimum Gasteiger partial charge on any atom is -0.445 e. The molecule has 1 aromatic heterocycles. The summed E-state index contributed by atoms with van der Waals surface area (Å²) in [5.41, 5.74) is 1.42. The van der Waals surface area contributed by atoms with Gasteiger partial charge in [-0.05, 0) is 42.7 Å². The summed E-state index contributed by atoms with van der Waals surface area (Å²) in [7, 11) is 0. The lowest BCUT2D eigenvalue weighted by Gasteiger charge is -2.24. The smallest absolute Gasteiger partial charge is 0.410 e. The molecule has 10 nitrogen and oxygen atoms in total. The number of nitrogens with one attached hydrogen (secondary N) is 1. The van der Waals surface area contributed by atoms with Gasteiger partial charge in [0, 0.05) is 55.7 Å². The van der Waals surface area contributed by atoms with E-state index in [4.69, 9.17) is 4.74 Å². The fourth-order valence-electron chi connectivity index (χ4n) is 3.78. The maximum absolute atomic E-state index is 12.8. The Labute approximate surface area is 201 Å². The van der Waals surface area contributed by atoms with Crippen LogP contribution in [0.1, 0.15) is 43.9 Å². The van der Waals surface area contributed by atoms with E-state index in [2.05, 4.69) is 10.3 Å². The molecule has 3 atom stereocenters. The van der Waals surface area contributed by atoms with Crippen LogP contribution < -0.4 is 5.32 Å². The molecule has 0 aliphatic carbocycles. The number of nitro benzene ring substituents is 1. The Morgan fingerprint density at radius 3 is 2.65 bits per heavy atom. The normalized spacial score (nSPS) is 18.2. The van der Waals surface area contributed by atoms with Crippen molar-refractivity contribution in [3.05, 3.63) is 70.0 Å². The summed E-state index contributed by atoms with van der Waals surface area (Å²) in [4.78, 5) is 52.9. The summed E-state index contributed by atoms with van der Waals surface area (Å²) in [5.74, 6) is -0.219. The number of thioether (sulfide) groups is 1. The average Bonchev–Trinajstić information content (AvgIpc) is 3.19. The third-order valence-corrected chi connectivity index (χ3v) is 6.44. The number of non-ortho nitro benzene ring substituents is 1. The largest absolute Gasteiger partial charge is 0.445 e.